The Morgan fingerprint density at radius 1 is 1.55 bits per heavy atom. The Bertz CT molecular complexity index is 621. The second kappa shape index (κ2) is 5.25. The molecule has 2 heterocycles. The monoisotopic (exact) mass is 272 g/mol. The summed E-state index contributed by atoms with van der Waals surface area (Å²) in [5.74, 6) is 0.667. The van der Waals surface area contributed by atoms with E-state index in [4.69, 9.17) is 0 Å². The predicted octanol–water partition coefficient (Wildman–Crippen LogP) is 1.59. The average molecular weight is 272 g/mol. The van der Waals surface area contributed by atoms with Gasteiger partial charge in [-0.2, -0.15) is 0 Å². The number of nitrogens with zero attached hydrogens (tertiary/aromatic N) is 3. The van der Waals surface area contributed by atoms with Gasteiger partial charge in [-0.25, -0.2) is 4.98 Å². The summed E-state index contributed by atoms with van der Waals surface area (Å²) in [5.41, 5.74) is 2.52. The molecule has 0 radical (unpaired) electrons. The summed E-state index contributed by atoms with van der Waals surface area (Å²) in [5, 5.41) is 0. The number of nitrogens with one attached hydrogen (secondary N) is 1. The fourth-order valence-corrected chi connectivity index (χ4v) is 2.93. The Kier molecular flexibility index (Phi) is 3.44. The summed E-state index contributed by atoms with van der Waals surface area (Å²) < 4.78 is 0. The standard InChI is InChI=1S/C15H20N4O/c1-18-6-5-11(8-18)9-19(2)15(20)12-3-4-13-14(7-12)17-10-16-13/h3-4,7,10-11H,5-6,8-9H2,1-2H3,(H,16,17). The number of fused-ring (bicyclic) bond motifs is 1. The van der Waals surface area contributed by atoms with Crippen molar-refractivity contribution in [2.24, 2.45) is 5.92 Å². The van der Waals surface area contributed by atoms with Crippen molar-refractivity contribution < 1.29 is 4.79 Å². The van der Waals surface area contributed by atoms with Crippen LogP contribution in [0.2, 0.25) is 0 Å². The van der Waals surface area contributed by atoms with E-state index in [1.54, 1.807) is 6.33 Å². The zero-order chi connectivity index (χ0) is 14.1. The normalized spacial score (nSPS) is 19.6. The Hall–Kier alpha value is -1.88. The molecule has 1 aromatic heterocycles. The van der Waals surface area contributed by atoms with Crippen molar-refractivity contribution in [3.63, 3.8) is 0 Å². The Labute approximate surface area is 118 Å². The topological polar surface area (TPSA) is 52.2 Å². The summed E-state index contributed by atoms with van der Waals surface area (Å²) in [7, 11) is 4.02. The highest BCUT2D eigenvalue weighted by molar-refractivity contribution is 5.97. The van der Waals surface area contributed by atoms with Crippen molar-refractivity contribution in [1.82, 2.24) is 19.8 Å². The van der Waals surface area contributed by atoms with Crippen LogP contribution in [0.25, 0.3) is 11.0 Å². The molecule has 1 saturated heterocycles. The van der Waals surface area contributed by atoms with Gasteiger partial charge in [0.1, 0.15) is 0 Å². The first-order valence-electron chi connectivity index (χ1n) is 7.00. The number of aromatic amines is 1. The van der Waals surface area contributed by atoms with Crippen molar-refractivity contribution in [1.29, 1.82) is 0 Å². The highest BCUT2D eigenvalue weighted by atomic mass is 16.2. The quantitative estimate of drug-likeness (QED) is 0.923. The summed E-state index contributed by atoms with van der Waals surface area (Å²) in [6.07, 6.45) is 2.82. The fourth-order valence-electron chi connectivity index (χ4n) is 2.93. The second-order valence-electron chi connectivity index (χ2n) is 5.74. The van der Waals surface area contributed by atoms with Crippen molar-refractivity contribution in [3.05, 3.63) is 30.1 Å². The lowest BCUT2D eigenvalue weighted by Crippen LogP contribution is -2.32. The number of H-pyrrole nitrogens is 1. The van der Waals surface area contributed by atoms with Crippen molar-refractivity contribution in [2.75, 3.05) is 33.7 Å². The van der Waals surface area contributed by atoms with Crippen LogP contribution in [-0.4, -0.2) is 59.4 Å². The van der Waals surface area contributed by atoms with Gasteiger partial charge in [-0.05, 0) is 44.1 Å². The molecule has 0 spiro atoms. The molecule has 3 rings (SSSR count). The van der Waals surface area contributed by atoms with E-state index in [2.05, 4.69) is 21.9 Å². The van der Waals surface area contributed by atoms with Gasteiger partial charge < -0.3 is 14.8 Å². The van der Waals surface area contributed by atoms with Crippen molar-refractivity contribution in [3.8, 4) is 0 Å². The molecule has 1 fully saturated rings. The number of amides is 1. The molecule has 1 aromatic carbocycles. The number of imidazole rings is 1. The molecule has 5 heteroatoms. The Morgan fingerprint density at radius 3 is 3.15 bits per heavy atom. The largest absolute Gasteiger partial charge is 0.345 e. The molecule has 0 bridgehead atoms. The van der Waals surface area contributed by atoms with E-state index in [0.29, 0.717) is 5.92 Å². The summed E-state index contributed by atoms with van der Waals surface area (Å²) in [4.78, 5) is 23.8. The van der Waals surface area contributed by atoms with Gasteiger partial charge in [-0.3, -0.25) is 4.79 Å². The fraction of sp³-hybridized carbons (Fsp3) is 0.467. The third kappa shape index (κ3) is 2.54. The number of hydrogen-bond acceptors (Lipinski definition) is 3. The van der Waals surface area contributed by atoms with E-state index in [1.165, 1.54) is 6.42 Å². The third-order valence-corrected chi connectivity index (χ3v) is 4.03. The van der Waals surface area contributed by atoms with Gasteiger partial charge in [0.2, 0.25) is 0 Å². The minimum Gasteiger partial charge on any atom is -0.345 e. The van der Waals surface area contributed by atoms with Crippen LogP contribution in [0, 0.1) is 5.92 Å². The minimum absolute atomic E-state index is 0.0797. The zero-order valence-corrected chi connectivity index (χ0v) is 12.0. The molecular weight excluding hydrogens is 252 g/mol. The zero-order valence-electron chi connectivity index (χ0n) is 12.0. The maximum Gasteiger partial charge on any atom is 0.253 e. The highest BCUT2D eigenvalue weighted by Gasteiger charge is 2.23. The number of likely N-dealkylation sites (tertiary alicyclic amines) is 1. The maximum absolute atomic E-state index is 12.5. The SMILES string of the molecule is CN1CCC(CN(C)C(=O)c2ccc3nc[nH]c3c2)C1. The lowest BCUT2D eigenvalue weighted by atomic mass is 10.1. The van der Waals surface area contributed by atoms with Crippen LogP contribution < -0.4 is 0 Å². The van der Waals surface area contributed by atoms with Gasteiger partial charge >= 0.3 is 0 Å². The molecule has 1 aliphatic heterocycles. The molecule has 0 saturated carbocycles. The van der Waals surface area contributed by atoms with Crippen molar-refractivity contribution in [2.45, 2.75) is 6.42 Å². The molecule has 1 N–H and O–H groups in total. The van der Waals surface area contributed by atoms with E-state index in [1.807, 2.05) is 30.1 Å². The molecule has 106 valence electrons. The van der Waals surface area contributed by atoms with Crippen LogP contribution in [0.3, 0.4) is 0 Å². The molecule has 1 amide bonds. The van der Waals surface area contributed by atoms with Crippen LogP contribution in [0.4, 0.5) is 0 Å². The van der Waals surface area contributed by atoms with Gasteiger partial charge in [0.05, 0.1) is 17.4 Å². The summed E-state index contributed by atoms with van der Waals surface area (Å²) in [6.45, 7) is 3.04. The lowest BCUT2D eigenvalue weighted by molar-refractivity contribution is 0.0774. The highest BCUT2D eigenvalue weighted by Crippen LogP contribution is 2.17. The van der Waals surface area contributed by atoms with Gasteiger partial charge in [-0.15, -0.1) is 0 Å². The van der Waals surface area contributed by atoms with Crippen LogP contribution in [-0.2, 0) is 0 Å². The second-order valence-corrected chi connectivity index (χ2v) is 5.74. The molecular formula is C15H20N4O. The van der Waals surface area contributed by atoms with E-state index in [-0.39, 0.29) is 5.91 Å². The van der Waals surface area contributed by atoms with Crippen LogP contribution in [0.15, 0.2) is 24.5 Å². The van der Waals surface area contributed by atoms with Gasteiger partial charge in [0, 0.05) is 25.7 Å². The molecule has 1 aliphatic rings. The van der Waals surface area contributed by atoms with Crippen LogP contribution >= 0.6 is 0 Å². The number of carbonyl (C=O) groups is 1. The van der Waals surface area contributed by atoms with Gasteiger partial charge in [-0.1, -0.05) is 0 Å². The molecule has 2 aromatic rings. The minimum atomic E-state index is 0.0797. The third-order valence-electron chi connectivity index (χ3n) is 4.03. The number of carbonyl (C=O) groups excluding carboxylic acids is 1. The van der Waals surface area contributed by atoms with Crippen molar-refractivity contribution >= 4 is 16.9 Å². The molecule has 1 unspecified atom stereocenters. The number of benzene rings is 1. The van der Waals surface area contributed by atoms with E-state index < -0.39 is 0 Å². The van der Waals surface area contributed by atoms with Gasteiger partial charge in [0.25, 0.3) is 5.91 Å². The number of rotatable bonds is 3. The molecule has 0 aliphatic carbocycles. The maximum atomic E-state index is 12.5. The number of hydrogen-bond donors (Lipinski definition) is 1. The van der Waals surface area contributed by atoms with Crippen LogP contribution in [0.1, 0.15) is 16.8 Å². The first-order valence-corrected chi connectivity index (χ1v) is 7.00. The first kappa shape index (κ1) is 13.1. The average Bonchev–Trinajstić information content (AvgIpc) is 3.05. The Morgan fingerprint density at radius 2 is 2.40 bits per heavy atom. The lowest BCUT2D eigenvalue weighted by Gasteiger charge is -2.21. The van der Waals surface area contributed by atoms with E-state index >= 15 is 0 Å². The predicted molar refractivity (Wildman–Crippen MR) is 78.7 cm³/mol. The summed E-state index contributed by atoms with van der Waals surface area (Å²) >= 11 is 0. The molecule has 5 nitrogen and oxygen atoms in total. The van der Waals surface area contributed by atoms with Crippen LogP contribution in [0.5, 0.6) is 0 Å². The molecule has 1 atom stereocenters. The summed E-state index contributed by atoms with van der Waals surface area (Å²) in [6, 6.07) is 5.61. The van der Waals surface area contributed by atoms with Gasteiger partial charge in [0.15, 0.2) is 0 Å². The number of aromatic nitrogens is 2. The molecule has 20 heavy (non-hydrogen) atoms. The van der Waals surface area contributed by atoms with E-state index in [9.17, 15) is 4.79 Å². The van der Waals surface area contributed by atoms with E-state index in [0.717, 1.165) is 36.2 Å². The smallest absolute Gasteiger partial charge is 0.253 e. The first-order chi connectivity index (χ1) is 9.63. The Balaban J connectivity index is 1.70.